The molecular formula is C14H18ClN3. The van der Waals surface area contributed by atoms with E-state index < -0.39 is 0 Å². The van der Waals surface area contributed by atoms with Gasteiger partial charge in [0, 0.05) is 11.2 Å². The first kappa shape index (κ1) is 12.0. The lowest BCUT2D eigenvalue weighted by Gasteiger charge is -2.28. The third-order valence-electron chi connectivity index (χ3n) is 3.99. The second-order valence-corrected chi connectivity index (χ2v) is 5.99. The lowest BCUT2D eigenvalue weighted by molar-refractivity contribution is 0.305. The fraction of sp³-hybridized carbons (Fsp3) is 0.571. The highest BCUT2D eigenvalue weighted by Gasteiger charge is 2.41. The molecule has 0 unspecified atom stereocenters. The number of rotatable bonds is 3. The lowest BCUT2D eigenvalue weighted by atomic mass is 9.98. The Kier molecular flexibility index (Phi) is 2.63. The van der Waals surface area contributed by atoms with Crippen molar-refractivity contribution in [3.05, 3.63) is 23.7 Å². The molecule has 18 heavy (non-hydrogen) atoms. The van der Waals surface area contributed by atoms with Crippen molar-refractivity contribution < 1.29 is 0 Å². The van der Waals surface area contributed by atoms with E-state index >= 15 is 0 Å². The Labute approximate surface area is 112 Å². The van der Waals surface area contributed by atoms with Crippen molar-refractivity contribution in [3.63, 3.8) is 0 Å². The molecule has 0 aliphatic heterocycles. The van der Waals surface area contributed by atoms with Crippen LogP contribution in [0, 0.1) is 12.8 Å². The van der Waals surface area contributed by atoms with Crippen molar-refractivity contribution in [2.24, 2.45) is 5.92 Å². The van der Waals surface area contributed by atoms with Crippen molar-refractivity contribution in [1.82, 2.24) is 14.5 Å². The van der Waals surface area contributed by atoms with E-state index in [4.69, 9.17) is 11.6 Å². The Bertz CT molecular complexity index is 596. The van der Waals surface area contributed by atoms with E-state index in [0.29, 0.717) is 5.88 Å². The summed E-state index contributed by atoms with van der Waals surface area (Å²) in [5.41, 5.74) is 3.00. The Morgan fingerprint density at radius 2 is 2.06 bits per heavy atom. The van der Waals surface area contributed by atoms with E-state index in [1.54, 1.807) is 0 Å². The van der Waals surface area contributed by atoms with Crippen LogP contribution in [0.1, 0.15) is 38.2 Å². The first-order chi connectivity index (χ1) is 8.54. The number of halogens is 1. The van der Waals surface area contributed by atoms with Crippen LogP contribution >= 0.6 is 11.6 Å². The second kappa shape index (κ2) is 3.95. The highest BCUT2D eigenvalue weighted by Crippen LogP contribution is 2.45. The van der Waals surface area contributed by atoms with Crippen molar-refractivity contribution >= 4 is 22.8 Å². The van der Waals surface area contributed by atoms with Crippen molar-refractivity contribution in [2.45, 2.75) is 45.0 Å². The maximum absolute atomic E-state index is 6.06. The molecular weight excluding hydrogens is 246 g/mol. The van der Waals surface area contributed by atoms with Gasteiger partial charge in [-0.2, -0.15) is 0 Å². The monoisotopic (exact) mass is 263 g/mol. The van der Waals surface area contributed by atoms with Crippen LogP contribution in [0.5, 0.6) is 0 Å². The number of aromatic nitrogens is 3. The minimum absolute atomic E-state index is 0.0553. The van der Waals surface area contributed by atoms with E-state index in [-0.39, 0.29) is 5.54 Å². The Morgan fingerprint density at radius 3 is 2.67 bits per heavy atom. The standard InChI is InChI=1S/C14H18ClN3/c1-9-4-7-11-13(16-9)18(12(8-15)17-11)14(2,3)10-5-6-10/h4,7,10H,5-6,8H2,1-3H3. The van der Waals surface area contributed by atoms with Gasteiger partial charge in [-0.05, 0) is 51.7 Å². The van der Waals surface area contributed by atoms with Crippen LogP contribution in [-0.2, 0) is 11.4 Å². The molecule has 0 saturated heterocycles. The van der Waals surface area contributed by atoms with Crippen LogP contribution in [0.15, 0.2) is 12.1 Å². The molecule has 4 heteroatoms. The van der Waals surface area contributed by atoms with Crippen molar-refractivity contribution in [3.8, 4) is 0 Å². The number of imidazole rings is 1. The normalized spacial score (nSPS) is 16.4. The highest BCUT2D eigenvalue weighted by molar-refractivity contribution is 6.16. The molecule has 0 N–H and O–H groups in total. The maximum Gasteiger partial charge on any atom is 0.160 e. The zero-order chi connectivity index (χ0) is 12.9. The number of hydrogen-bond acceptors (Lipinski definition) is 2. The third-order valence-corrected chi connectivity index (χ3v) is 4.22. The van der Waals surface area contributed by atoms with Gasteiger partial charge in [-0.25, -0.2) is 9.97 Å². The Balaban J connectivity index is 2.27. The van der Waals surface area contributed by atoms with Crippen LogP contribution in [0.25, 0.3) is 11.2 Å². The predicted octanol–water partition coefficient (Wildman–Crippen LogP) is 3.62. The zero-order valence-electron chi connectivity index (χ0n) is 11.1. The lowest BCUT2D eigenvalue weighted by Crippen LogP contribution is -2.30. The van der Waals surface area contributed by atoms with Gasteiger partial charge >= 0.3 is 0 Å². The average molecular weight is 264 g/mol. The number of fused-ring (bicyclic) bond motifs is 1. The summed E-state index contributed by atoms with van der Waals surface area (Å²) in [5, 5.41) is 0. The molecule has 1 fully saturated rings. The van der Waals surface area contributed by atoms with Gasteiger partial charge in [0.2, 0.25) is 0 Å². The first-order valence-electron chi connectivity index (χ1n) is 6.45. The summed E-state index contributed by atoms with van der Waals surface area (Å²) in [5.74, 6) is 2.09. The Morgan fingerprint density at radius 1 is 1.33 bits per heavy atom. The third kappa shape index (κ3) is 1.72. The van der Waals surface area contributed by atoms with Gasteiger partial charge in [0.05, 0.1) is 5.88 Å². The van der Waals surface area contributed by atoms with Gasteiger partial charge in [0.1, 0.15) is 11.3 Å². The molecule has 0 radical (unpaired) electrons. The topological polar surface area (TPSA) is 30.7 Å². The highest BCUT2D eigenvalue weighted by atomic mass is 35.5. The summed E-state index contributed by atoms with van der Waals surface area (Å²) in [6.45, 7) is 6.55. The molecule has 0 atom stereocenters. The summed E-state index contributed by atoms with van der Waals surface area (Å²) in [6.07, 6.45) is 2.58. The first-order valence-corrected chi connectivity index (χ1v) is 6.99. The summed E-state index contributed by atoms with van der Waals surface area (Å²) in [6, 6.07) is 4.04. The van der Waals surface area contributed by atoms with Gasteiger partial charge in [0.25, 0.3) is 0 Å². The molecule has 2 heterocycles. The summed E-state index contributed by atoms with van der Waals surface area (Å²) in [7, 11) is 0. The minimum atomic E-state index is 0.0553. The second-order valence-electron chi connectivity index (χ2n) is 5.72. The molecule has 2 aromatic rings. The number of aryl methyl sites for hydroxylation is 1. The molecule has 2 aromatic heterocycles. The zero-order valence-corrected chi connectivity index (χ0v) is 11.8. The quantitative estimate of drug-likeness (QED) is 0.792. The van der Waals surface area contributed by atoms with E-state index in [1.165, 1.54) is 12.8 Å². The summed E-state index contributed by atoms with van der Waals surface area (Å²) in [4.78, 5) is 9.28. The van der Waals surface area contributed by atoms with Crippen molar-refractivity contribution in [1.29, 1.82) is 0 Å². The number of nitrogens with zero attached hydrogens (tertiary/aromatic N) is 3. The van der Waals surface area contributed by atoms with Crippen molar-refractivity contribution in [2.75, 3.05) is 0 Å². The molecule has 3 rings (SSSR count). The number of hydrogen-bond donors (Lipinski definition) is 0. The van der Waals surface area contributed by atoms with Gasteiger partial charge in [0.15, 0.2) is 5.65 Å². The predicted molar refractivity (Wildman–Crippen MR) is 73.9 cm³/mol. The minimum Gasteiger partial charge on any atom is -0.306 e. The van der Waals surface area contributed by atoms with Crippen LogP contribution in [-0.4, -0.2) is 14.5 Å². The van der Waals surface area contributed by atoms with E-state index in [2.05, 4.69) is 28.4 Å². The number of alkyl halides is 1. The summed E-state index contributed by atoms with van der Waals surface area (Å²) < 4.78 is 2.25. The molecule has 0 spiro atoms. The van der Waals surface area contributed by atoms with E-state index in [9.17, 15) is 0 Å². The van der Waals surface area contributed by atoms with Crippen LogP contribution in [0.2, 0.25) is 0 Å². The molecule has 1 aliphatic carbocycles. The maximum atomic E-state index is 6.06. The van der Waals surface area contributed by atoms with Gasteiger partial charge < -0.3 is 4.57 Å². The summed E-state index contributed by atoms with van der Waals surface area (Å²) >= 11 is 6.06. The fourth-order valence-corrected chi connectivity index (χ4v) is 2.95. The van der Waals surface area contributed by atoms with Crippen LogP contribution in [0.4, 0.5) is 0 Å². The SMILES string of the molecule is Cc1ccc2nc(CCl)n(C(C)(C)C3CC3)c2n1. The number of pyridine rings is 1. The van der Waals surface area contributed by atoms with Gasteiger partial charge in [-0.1, -0.05) is 0 Å². The van der Waals surface area contributed by atoms with Crippen LogP contribution in [0.3, 0.4) is 0 Å². The van der Waals surface area contributed by atoms with E-state index in [1.807, 2.05) is 19.1 Å². The molecule has 1 aliphatic rings. The molecule has 0 bridgehead atoms. The molecule has 1 saturated carbocycles. The largest absolute Gasteiger partial charge is 0.306 e. The Hall–Kier alpha value is -1.09. The molecule has 0 aromatic carbocycles. The average Bonchev–Trinajstić information content (AvgIpc) is 3.10. The molecule has 0 amide bonds. The van der Waals surface area contributed by atoms with Gasteiger partial charge in [-0.3, -0.25) is 0 Å². The molecule has 3 nitrogen and oxygen atoms in total. The smallest absolute Gasteiger partial charge is 0.160 e. The fourth-order valence-electron chi connectivity index (χ4n) is 2.77. The van der Waals surface area contributed by atoms with E-state index in [0.717, 1.165) is 28.6 Å². The molecule has 96 valence electrons. The van der Waals surface area contributed by atoms with Gasteiger partial charge in [-0.15, -0.1) is 11.6 Å². The van der Waals surface area contributed by atoms with Crippen LogP contribution < -0.4 is 0 Å².